The Labute approximate surface area is 118 Å². The molecule has 0 saturated heterocycles. The second-order valence-corrected chi connectivity index (χ2v) is 4.59. The monoisotopic (exact) mass is 273 g/mol. The Kier molecular flexibility index (Phi) is 4.81. The lowest BCUT2D eigenvalue weighted by molar-refractivity contribution is 0.221. The lowest BCUT2D eigenvalue weighted by Gasteiger charge is -2.10. The van der Waals surface area contributed by atoms with Crippen molar-refractivity contribution >= 4 is 5.95 Å². The van der Waals surface area contributed by atoms with Crippen molar-refractivity contribution in [3.63, 3.8) is 0 Å². The molecule has 0 amide bonds. The first-order valence-corrected chi connectivity index (χ1v) is 6.71. The minimum atomic E-state index is 0.0284. The van der Waals surface area contributed by atoms with Crippen molar-refractivity contribution in [3.8, 4) is 6.01 Å². The predicted octanol–water partition coefficient (Wildman–Crippen LogP) is 2.08. The molecular weight excluding hydrogens is 254 g/mol. The molecule has 0 saturated carbocycles. The van der Waals surface area contributed by atoms with Crippen LogP contribution in [0.1, 0.15) is 32.2 Å². The van der Waals surface area contributed by atoms with Gasteiger partial charge in [-0.3, -0.25) is 4.98 Å². The van der Waals surface area contributed by atoms with E-state index in [9.17, 15) is 0 Å². The first-order chi connectivity index (χ1) is 9.67. The third kappa shape index (κ3) is 4.15. The maximum Gasteiger partial charge on any atom is 0.321 e. The Morgan fingerprint density at radius 1 is 1.15 bits per heavy atom. The van der Waals surface area contributed by atoms with Gasteiger partial charge < -0.3 is 10.1 Å². The van der Waals surface area contributed by atoms with Crippen molar-refractivity contribution in [2.45, 2.75) is 33.3 Å². The number of aromatic nitrogens is 4. The Balaban J connectivity index is 2.24. The largest absolute Gasteiger partial charge is 0.461 e. The van der Waals surface area contributed by atoms with E-state index in [1.54, 1.807) is 12.4 Å². The van der Waals surface area contributed by atoms with Gasteiger partial charge in [-0.2, -0.15) is 15.0 Å². The Morgan fingerprint density at radius 2 is 1.90 bits per heavy atom. The molecule has 106 valence electrons. The predicted molar refractivity (Wildman–Crippen MR) is 76.8 cm³/mol. The summed E-state index contributed by atoms with van der Waals surface area (Å²) in [7, 11) is 0. The van der Waals surface area contributed by atoms with Crippen LogP contribution in [0.5, 0.6) is 6.01 Å². The lowest BCUT2D eigenvalue weighted by Crippen LogP contribution is -2.13. The summed E-state index contributed by atoms with van der Waals surface area (Å²) in [5.74, 6) is 1.22. The molecule has 2 rings (SSSR count). The lowest BCUT2D eigenvalue weighted by atomic mass is 10.2. The fourth-order valence-corrected chi connectivity index (χ4v) is 1.66. The minimum Gasteiger partial charge on any atom is -0.461 e. The van der Waals surface area contributed by atoms with E-state index in [-0.39, 0.29) is 6.10 Å². The van der Waals surface area contributed by atoms with E-state index in [2.05, 4.69) is 25.3 Å². The van der Waals surface area contributed by atoms with Gasteiger partial charge >= 0.3 is 6.01 Å². The number of hydrogen-bond donors (Lipinski definition) is 1. The van der Waals surface area contributed by atoms with Gasteiger partial charge in [-0.25, -0.2) is 0 Å². The first kappa shape index (κ1) is 14.2. The average molecular weight is 273 g/mol. The number of ether oxygens (including phenoxy) is 1. The van der Waals surface area contributed by atoms with Gasteiger partial charge in [0, 0.05) is 25.4 Å². The van der Waals surface area contributed by atoms with Gasteiger partial charge in [-0.1, -0.05) is 0 Å². The maximum atomic E-state index is 5.56. The minimum absolute atomic E-state index is 0.0284. The van der Waals surface area contributed by atoms with Crippen molar-refractivity contribution in [2.24, 2.45) is 0 Å². The smallest absolute Gasteiger partial charge is 0.321 e. The van der Waals surface area contributed by atoms with Crippen molar-refractivity contribution in [3.05, 3.63) is 35.9 Å². The molecule has 0 spiro atoms. The van der Waals surface area contributed by atoms with Crippen LogP contribution in [0.3, 0.4) is 0 Å². The highest BCUT2D eigenvalue weighted by Gasteiger charge is 2.09. The molecule has 20 heavy (non-hydrogen) atoms. The molecule has 0 aromatic carbocycles. The summed E-state index contributed by atoms with van der Waals surface area (Å²) in [5, 5.41) is 3.09. The highest BCUT2D eigenvalue weighted by Crippen LogP contribution is 2.12. The SMILES string of the molecule is CCNc1nc(Cc2ccncc2)nc(OC(C)C)n1. The molecule has 0 radical (unpaired) electrons. The molecule has 0 fully saturated rings. The summed E-state index contributed by atoms with van der Waals surface area (Å²) in [5.41, 5.74) is 1.10. The first-order valence-electron chi connectivity index (χ1n) is 6.71. The molecule has 0 aliphatic rings. The van der Waals surface area contributed by atoms with Crippen LogP contribution in [-0.4, -0.2) is 32.6 Å². The molecule has 2 aromatic rings. The molecular formula is C14H19N5O. The van der Waals surface area contributed by atoms with Crippen LogP contribution in [0.2, 0.25) is 0 Å². The van der Waals surface area contributed by atoms with Crippen LogP contribution < -0.4 is 10.1 Å². The number of pyridine rings is 1. The van der Waals surface area contributed by atoms with E-state index in [1.165, 1.54) is 0 Å². The Bertz CT molecular complexity index is 545. The molecule has 0 aliphatic carbocycles. The van der Waals surface area contributed by atoms with Gasteiger partial charge in [-0.05, 0) is 38.5 Å². The highest BCUT2D eigenvalue weighted by molar-refractivity contribution is 5.27. The quantitative estimate of drug-likeness (QED) is 0.868. The maximum absolute atomic E-state index is 5.56. The van der Waals surface area contributed by atoms with Gasteiger partial charge in [0.25, 0.3) is 0 Å². The summed E-state index contributed by atoms with van der Waals surface area (Å²) in [6.07, 6.45) is 4.17. The van der Waals surface area contributed by atoms with Crippen LogP contribution in [-0.2, 0) is 6.42 Å². The second kappa shape index (κ2) is 6.79. The average Bonchev–Trinajstić information content (AvgIpc) is 2.39. The number of nitrogens with zero attached hydrogens (tertiary/aromatic N) is 4. The van der Waals surface area contributed by atoms with Gasteiger partial charge in [0.05, 0.1) is 6.10 Å². The third-order valence-corrected chi connectivity index (χ3v) is 2.45. The molecule has 2 heterocycles. The van der Waals surface area contributed by atoms with E-state index in [0.717, 1.165) is 12.1 Å². The van der Waals surface area contributed by atoms with Crippen LogP contribution in [0.25, 0.3) is 0 Å². The zero-order chi connectivity index (χ0) is 14.4. The van der Waals surface area contributed by atoms with Crippen LogP contribution in [0.15, 0.2) is 24.5 Å². The van der Waals surface area contributed by atoms with Crippen LogP contribution in [0, 0.1) is 0 Å². The fraction of sp³-hybridized carbons (Fsp3) is 0.429. The van der Waals surface area contributed by atoms with E-state index in [1.807, 2.05) is 32.9 Å². The Hall–Kier alpha value is -2.24. The molecule has 2 aromatic heterocycles. The number of rotatable bonds is 6. The van der Waals surface area contributed by atoms with Crippen molar-refractivity contribution in [1.29, 1.82) is 0 Å². The van der Waals surface area contributed by atoms with Crippen molar-refractivity contribution in [2.75, 3.05) is 11.9 Å². The van der Waals surface area contributed by atoms with Crippen LogP contribution in [0.4, 0.5) is 5.95 Å². The van der Waals surface area contributed by atoms with E-state index in [4.69, 9.17) is 4.74 Å². The molecule has 0 atom stereocenters. The normalized spacial score (nSPS) is 10.6. The topological polar surface area (TPSA) is 72.8 Å². The fourth-order valence-electron chi connectivity index (χ4n) is 1.66. The van der Waals surface area contributed by atoms with Crippen molar-refractivity contribution < 1.29 is 4.74 Å². The second-order valence-electron chi connectivity index (χ2n) is 4.59. The standard InChI is InChI=1S/C14H19N5O/c1-4-16-13-17-12(9-11-5-7-15-8-6-11)18-14(19-13)20-10(2)3/h5-8,10H,4,9H2,1-3H3,(H,16,17,18,19). The summed E-state index contributed by atoms with van der Waals surface area (Å²) >= 11 is 0. The molecule has 6 nitrogen and oxygen atoms in total. The highest BCUT2D eigenvalue weighted by atomic mass is 16.5. The molecule has 1 N–H and O–H groups in total. The van der Waals surface area contributed by atoms with E-state index in [0.29, 0.717) is 24.2 Å². The summed E-state index contributed by atoms with van der Waals surface area (Å²) < 4.78 is 5.56. The van der Waals surface area contributed by atoms with Gasteiger partial charge in [0.1, 0.15) is 5.82 Å². The van der Waals surface area contributed by atoms with E-state index < -0.39 is 0 Å². The number of nitrogens with one attached hydrogen (secondary N) is 1. The summed E-state index contributed by atoms with van der Waals surface area (Å²) in [6, 6.07) is 4.24. The zero-order valence-corrected chi connectivity index (χ0v) is 12.0. The summed E-state index contributed by atoms with van der Waals surface area (Å²) in [4.78, 5) is 17.0. The van der Waals surface area contributed by atoms with Crippen molar-refractivity contribution in [1.82, 2.24) is 19.9 Å². The third-order valence-electron chi connectivity index (χ3n) is 2.45. The molecule has 0 unspecified atom stereocenters. The molecule has 0 aliphatic heterocycles. The number of anilines is 1. The van der Waals surface area contributed by atoms with Crippen LogP contribution >= 0.6 is 0 Å². The summed E-state index contributed by atoms with van der Waals surface area (Å²) in [6.45, 7) is 6.63. The number of hydrogen-bond acceptors (Lipinski definition) is 6. The molecule has 0 bridgehead atoms. The molecule has 6 heteroatoms. The van der Waals surface area contributed by atoms with Gasteiger partial charge in [-0.15, -0.1) is 0 Å². The van der Waals surface area contributed by atoms with E-state index >= 15 is 0 Å². The zero-order valence-electron chi connectivity index (χ0n) is 12.0. The Morgan fingerprint density at radius 3 is 2.55 bits per heavy atom. The van der Waals surface area contributed by atoms with Gasteiger partial charge in [0.2, 0.25) is 5.95 Å². The van der Waals surface area contributed by atoms with Gasteiger partial charge in [0.15, 0.2) is 0 Å².